The van der Waals surface area contributed by atoms with Crippen molar-refractivity contribution in [1.29, 1.82) is 0 Å². The van der Waals surface area contributed by atoms with Crippen LogP contribution in [0.3, 0.4) is 0 Å². The molecule has 5 nitrogen and oxygen atoms in total. The molecule has 0 aromatic rings. The van der Waals surface area contributed by atoms with Gasteiger partial charge in [-0.25, -0.2) is 0 Å². The van der Waals surface area contributed by atoms with Gasteiger partial charge in [0.15, 0.2) is 0 Å². The van der Waals surface area contributed by atoms with Crippen LogP contribution in [0.1, 0.15) is 38.5 Å². The Morgan fingerprint density at radius 1 is 0.952 bits per heavy atom. The molecule has 0 spiro atoms. The van der Waals surface area contributed by atoms with Crippen molar-refractivity contribution in [2.75, 3.05) is 46.0 Å². The lowest BCUT2D eigenvalue weighted by molar-refractivity contribution is -0.143. The molecule has 0 aromatic heterocycles. The zero-order chi connectivity index (χ0) is 14.5. The SMILES string of the molecule is O=C([C@H]1CCCCN1C[C@H]1CCCCO1)N1CCOCC1. The van der Waals surface area contributed by atoms with E-state index in [4.69, 9.17) is 9.47 Å². The largest absolute Gasteiger partial charge is 0.378 e. The number of hydrogen-bond acceptors (Lipinski definition) is 4. The van der Waals surface area contributed by atoms with Gasteiger partial charge in [0, 0.05) is 26.2 Å². The summed E-state index contributed by atoms with van der Waals surface area (Å²) in [4.78, 5) is 17.2. The van der Waals surface area contributed by atoms with Crippen LogP contribution in [0, 0.1) is 0 Å². The lowest BCUT2D eigenvalue weighted by Gasteiger charge is -2.40. The Labute approximate surface area is 127 Å². The van der Waals surface area contributed by atoms with Gasteiger partial charge in [-0.3, -0.25) is 9.69 Å². The van der Waals surface area contributed by atoms with Gasteiger partial charge < -0.3 is 14.4 Å². The van der Waals surface area contributed by atoms with Crippen molar-refractivity contribution in [3.63, 3.8) is 0 Å². The number of amides is 1. The van der Waals surface area contributed by atoms with E-state index in [1.165, 1.54) is 25.7 Å². The van der Waals surface area contributed by atoms with Crippen LogP contribution in [0.4, 0.5) is 0 Å². The Balaban J connectivity index is 1.58. The molecule has 0 radical (unpaired) electrons. The average Bonchev–Trinajstić information content (AvgIpc) is 2.56. The van der Waals surface area contributed by atoms with Gasteiger partial charge in [0.2, 0.25) is 5.91 Å². The molecular weight excluding hydrogens is 268 g/mol. The van der Waals surface area contributed by atoms with Crippen molar-refractivity contribution in [1.82, 2.24) is 9.80 Å². The van der Waals surface area contributed by atoms with Crippen LogP contribution in [0.2, 0.25) is 0 Å². The Morgan fingerprint density at radius 2 is 1.76 bits per heavy atom. The van der Waals surface area contributed by atoms with Crippen molar-refractivity contribution >= 4 is 5.91 Å². The third-order valence-corrected chi connectivity index (χ3v) is 4.93. The summed E-state index contributed by atoms with van der Waals surface area (Å²) in [6.45, 7) is 5.74. The Bertz CT molecular complexity index is 338. The molecule has 3 aliphatic heterocycles. The second-order valence-corrected chi connectivity index (χ2v) is 6.43. The van der Waals surface area contributed by atoms with Crippen LogP contribution in [-0.4, -0.2) is 73.9 Å². The molecule has 3 heterocycles. The van der Waals surface area contributed by atoms with Gasteiger partial charge in [-0.15, -0.1) is 0 Å². The van der Waals surface area contributed by atoms with E-state index in [2.05, 4.69) is 4.90 Å². The number of morpholine rings is 1. The molecule has 0 N–H and O–H groups in total. The maximum Gasteiger partial charge on any atom is 0.240 e. The van der Waals surface area contributed by atoms with Crippen LogP contribution >= 0.6 is 0 Å². The van der Waals surface area contributed by atoms with Crippen LogP contribution < -0.4 is 0 Å². The van der Waals surface area contributed by atoms with Crippen LogP contribution in [0.25, 0.3) is 0 Å². The summed E-state index contributed by atoms with van der Waals surface area (Å²) in [6, 6.07) is 0.0716. The summed E-state index contributed by atoms with van der Waals surface area (Å²) in [5.74, 6) is 0.314. The third-order valence-electron chi connectivity index (χ3n) is 4.93. The van der Waals surface area contributed by atoms with Gasteiger partial charge >= 0.3 is 0 Å². The van der Waals surface area contributed by atoms with E-state index in [-0.39, 0.29) is 6.04 Å². The van der Waals surface area contributed by atoms with Gasteiger partial charge in [-0.1, -0.05) is 6.42 Å². The molecule has 2 atom stereocenters. The first-order chi connectivity index (χ1) is 10.3. The standard InChI is InChI=1S/C16H28N2O3/c19-16(17-8-11-20-12-9-17)15-6-1-3-7-18(15)13-14-5-2-4-10-21-14/h14-15H,1-13H2/t14-,15-/m1/s1. The van der Waals surface area contributed by atoms with Crippen molar-refractivity contribution in [3.8, 4) is 0 Å². The van der Waals surface area contributed by atoms with Crippen LogP contribution in [0.15, 0.2) is 0 Å². The Kier molecular flexibility index (Phi) is 5.49. The number of rotatable bonds is 3. The number of piperidine rings is 1. The highest BCUT2D eigenvalue weighted by molar-refractivity contribution is 5.82. The number of carbonyl (C=O) groups is 1. The van der Waals surface area contributed by atoms with E-state index in [1.54, 1.807) is 0 Å². The first kappa shape index (κ1) is 15.3. The Morgan fingerprint density at radius 3 is 2.52 bits per heavy atom. The molecule has 3 rings (SSSR count). The average molecular weight is 296 g/mol. The minimum Gasteiger partial charge on any atom is -0.378 e. The molecule has 1 amide bonds. The van der Waals surface area contributed by atoms with E-state index in [0.29, 0.717) is 25.2 Å². The molecule has 21 heavy (non-hydrogen) atoms. The predicted octanol–water partition coefficient (Wildman–Crippen LogP) is 1.27. The maximum absolute atomic E-state index is 12.8. The second-order valence-electron chi connectivity index (χ2n) is 6.43. The zero-order valence-electron chi connectivity index (χ0n) is 13.0. The molecule has 3 aliphatic rings. The molecule has 120 valence electrons. The molecule has 0 unspecified atom stereocenters. The van der Waals surface area contributed by atoms with E-state index >= 15 is 0 Å². The second kappa shape index (κ2) is 7.56. The summed E-state index contributed by atoms with van der Waals surface area (Å²) < 4.78 is 11.2. The fraction of sp³-hybridized carbons (Fsp3) is 0.938. The monoisotopic (exact) mass is 296 g/mol. The molecule has 5 heteroatoms. The molecule has 0 saturated carbocycles. The van der Waals surface area contributed by atoms with E-state index < -0.39 is 0 Å². The molecule has 3 saturated heterocycles. The van der Waals surface area contributed by atoms with Crippen molar-refractivity contribution in [3.05, 3.63) is 0 Å². The fourth-order valence-corrected chi connectivity index (χ4v) is 3.70. The van der Waals surface area contributed by atoms with Gasteiger partial charge in [0.1, 0.15) is 0 Å². The van der Waals surface area contributed by atoms with Gasteiger partial charge in [-0.05, 0) is 38.6 Å². The molecule has 3 fully saturated rings. The number of nitrogens with zero attached hydrogens (tertiary/aromatic N) is 2. The van der Waals surface area contributed by atoms with E-state index in [9.17, 15) is 4.79 Å². The molecule has 0 aromatic carbocycles. The normalized spacial score (nSPS) is 32.1. The molecule has 0 aliphatic carbocycles. The van der Waals surface area contributed by atoms with E-state index in [1.807, 2.05) is 4.90 Å². The number of ether oxygens (including phenoxy) is 2. The van der Waals surface area contributed by atoms with Crippen LogP contribution in [0.5, 0.6) is 0 Å². The third kappa shape index (κ3) is 3.96. The summed E-state index contributed by atoms with van der Waals surface area (Å²) >= 11 is 0. The summed E-state index contributed by atoms with van der Waals surface area (Å²) in [5, 5.41) is 0. The van der Waals surface area contributed by atoms with Crippen molar-refractivity contribution in [2.24, 2.45) is 0 Å². The fourth-order valence-electron chi connectivity index (χ4n) is 3.70. The molecule has 0 bridgehead atoms. The van der Waals surface area contributed by atoms with Gasteiger partial charge in [0.25, 0.3) is 0 Å². The quantitative estimate of drug-likeness (QED) is 0.786. The minimum atomic E-state index is 0.0716. The molecular formula is C16H28N2O3. The highest BCUT2D eigenvalue weighted by Gasteiger charge is 2.34. The summed E-state index contributed by atoms with van der Waals surface area (Å²) in [5.41, 5.74) is 0. The van der Waals surface area contributed by atoms with Gasteiger partial charge in [0.05, 0.1) is 25.4 Å². The lowest BCUT2D eigenvalue weighted by atomic mass is 9.99. The zero-order valence-corrected chi connectivity index (χ0v) is 13.0. The number of carbonyl (C=O) groups excluding carboxylic acids is 1. The van der Waals surface area contributed by atoms with Gasteiger partial charge in [-0.2, -0.15) is 0 Å². The Hall–Kier alpha value is -0.650. The topological polar surface area (TPSA) is 42.0 Å². The first-order valence-electron chi connectivity index (χ1n) is 8.57. The highest BCUT2D eigenvalue weighted by atomic mass is 16.5. The minimum absolute atomic E-state index is 0.0716. The highest BCUT2D eigenvalue weighted by Crippen LogP contribution is 2.22. The van der Waals surface area contributed by atoms with Crippen molar-refractivity contribution < 1.29 is 14.3 Å². The summed E-state index contributed by atoms with van der Waals surface area (Å²) in [6.07, 6.45) is 7.31. The predicted molar refractivity (Wildman–Crippen MR) is 80.2 cm³/mol. The van der Waals surface area contributed by atoms with Crippen LogP contribution in [-0.2, 0) is 14.3 Å². The number of hydrogen-bond donors (Lipinski definition) is 0. The lowest BCUT2D eigenvalue weighted by Crippen LogP contribution is -2.55. The van der Waals surface area contributed by atoms with Crippen molar-refractivity contribution in [2.45, 2.75) is 50.7 Å². The number of likely N-dealkylation sites (tertiary alicyclic amines) is 1. The summed E-state index contributed by atoms with van der Waals surface area (Å²) in [7, 11) is 0. The maximum atomic E-state index is 12.8. The smallest absolute Gasteiger partial charge is 0.240 e. The van der Waals surface area contributed by atoms with E-state index in [0.717, 1.165) is 45.6 Å². The first-order valence-corrected chi connectivity index (χ1v) is 8.57.